The van der Waals surface area contributed by atoms with E-state index in [-0.39, 0.29) is 30.7 Å². The Morgan fingerprint density at radius 2 is 1.06 bits per heavy atom. The number of likely N-dealkylation sites (N-methyl/N-ethyl adjacent to an activating group) is 1. The lowest BCUT2D eigenvalue weighted by Gasteiger charge is -2.29. The molecule has 4 nitrogen and oxygen atoms in total. The molecule has 6 heteroatoms. The van der Waals surface area contributed by atoms with Gasteiger partial charge >= 0.3 is 0 Å². The van der Waals surface area contributed by atoms with Gasteiger partial charge in [0.15, 0.2) is 6.54 Å². The Morgan fingerprint density at radius 3 is 1.45 bits per heavy atom. The molecule has 0 aliphatic carbocycles. The molecule has 0 bridgehead atoms. The number of amides is 1. The first-order valence-electron chi connectivity index (χ1n) is 13.7. The number of hydrogen-bond donors (Lipinski definition) is 2. The highest BCUT2D eigenvalue weighted by Crippen LogP contribution is 2.14. The summed E-state index contributed by atoms with van der Waals surface area (Å²) in [5, 5.41) is 3.08. The van der Waals surface area contributed by atoms with E-state index >= 15 is 0 Å². The fourth-order valence-electron chi connectivity index (χ4n) is 4.28. The van der Waals surface area contributed by atoms with Gasteiger partial charge in [-0.3, -0.25) is 4.79 Å². The lowest BCUT2D eigenvalue weighted by molar-refractivity contribution is -0.882. The standard InChI is InChI=1S/C27H57N3O.2ClH/c1-6-7-8-9-10-11-12-13-14-15-16-17-18-19-20-21-25-30(4,5)26-27(31)28-23-22-24-29(2)3;;/h6-26H2,1-5H3;2*1H. The van der Waals surface area contributed by atoms with Gasteiger partial charge in [-0.15, -0.1) is 0 Å². The molecule has 2 N–H and O–H groups in total. The predicted molar refractivity (Wildman–Crippen MR) is 137 cm³/mol. The molecule has 0 atom stereocenters. The van der Waals surface area contributed by atoms with E-state index in [1.807, 2.05) is 0 Å². The van der Waals surface area contributed by atoms with Gasteiger partial charge in [0.25, 0.3) is 5.91 Å². The Hall–Kier alpha value is -0.0300. The van der Waals surface area contributed by atoms with Crippen LogP contribution in [0.1, 0.15) is 116 Å². The second kappa shape index (κ2) is 26.6. The highest BCUT2D eigenvalue weighted by Gasteiger charge is 2.19. The van der Waals surface area contributed by atoms with Crippen LogP contribution in [-0.2, 0) is 4.79 Å². The molecular weight excluding hydrogens is 453 g/mol. The lowest BCUT2D eigenvalue weighted by Crippen LogP contribution is -3.05. The molecule has 0 rings (SSSR count). The fraction of sp³-hybridized carbons (Fsp3) is 0.963. The Morgan fingerprint density at radius 1 is 0.667 bits per heavy atom. The van der Waals surface area contributed by atoms with Gasteiger partial charge in [0, 0.05) is 13.0 Å². The molecule has 0 aromatic heterocycles. The summed E-state index contributed by atoms with van der Waals surface area (Å²) >= 11 is 0. The summed E-state index contributed by atoms with van der Waals surface area (Å²) in [5.41, 5.74) is 0. The number of carbonyl (C=O) groups is 1. The van der Waals surface area contributed by atoms with Gasteiger partial charge in [-0.2, -0.15) is 0 Å². The van der Waals surface area contributed by atoms with Gasteiger partial charge in [-0.1, -0.05) is 96.8 Å². The van der Waals surface area contributed by atoms with E-state index in [0.29, 0.717) is 6.54 Å². The molecule has 0 spiro atoms. The third-order valence-electron chi connectivity index (χ3n) is 6.36. The summed E-state index contributed by atoms with van der Waals surface area (Å²) in [6, 6.07) is 0. The van der Waals surface area contributed by atoms with E-state index in [9.17, 15) is 4.79 Å². The summed E-state index contributed by atoms with van der Waals surface area (Å²) in [6.07, 6.45) is 23.6. The highest BCUT2D eigenvalue weighted by atomic mass is 35.5. The minimum atomic E-state index is 0. The first-order chi connectivity index (χ1) is 14.9. The van der Waals surface area contributed by atoms with Crippen molar-refractivity contribution in [1.29, 1.82) is 0 Å². The molecule has 0 aromatic rings. The van der Waals surface area contributed by atoms with Crippen LogP contribution in [-0.4, -0.2) is 64.8 Å². The zero-order valence-electron chi connectivity index (χ0n) is 23.0. The Labute approximate surface area is 220 Å². The normalized spacial score (nSPS) is 11.2. The first-order valence-corrected chi connectivity index (χ1v) is 13.7. The average Bonchev–Trinajstić information content (AvgIpc) is 2.70. The van der Waals surface area contributed by atoms with Crippen molar-refractivity contribution in [2.75, 3.05) is 54.4 Å². The van der Waals surface area contributed by atoms with E-state index in [2.05, 4.69) is 40.4 Å². The van der Waals surface area contributed by atoms with Crippen molar-refractivity contribution in [3.05, 3.63) is 0 Å². The molecule has 1 amide bonds. The third kappa shape index (κ3) is 29.9. The van der Waals surface area contributed by atoms with Gasteiger partial charge in [-0.25, -0.2) is 0 Å². The van der Waals surface area contributed by atoms with Crippen LogP contribution in [0.3, 0.4) is 0 Å². The topological polar surface area (TPSA) is 33.5 Å². The third-order valence-corrected chi connectivity index (χ3v) is 6.36. The molecular formula is C27H59Cl2N3O. The van der Waals surface area contributed by atoms with Crippen LogP contribution in [0.5, 0.6) is 0 Å². The monoisotopic (exact) mass is 511 g/mol. The average molecular weight is 513 g/mol. The zero-order valence-corrected chi connectivity index (χ0v) is 24.5. The number of halogens is 2. The molecule has 0 heterocycles. The molecule has 0 unspecified atom stereocenters. The molecule has 0 fully saturated rings. The molecule has 0 saturated heterocycles. The minimum Gasteiger partial charge on any atom is -1.00 e. The first kappa shape index (κ1) is 37.5. The second-order valence-electron chi connectivity index (χ2n) is 10.8. The maximum atomic E-state index is 12.1. The summed E-state index contributed by atoms with van der Waals surface area (Å²) in [5.74, 6) is 0.204. The van der Waals surface area contributed by atoms with E-state index in [1.165, 1.54) is 108 Å². The smallest absolute Gasteiger partial charge is 0.275 e. The Balaban J connectivity index is -0.00000450. The molecule has 0 radical (unpaired) electrons. The Kier molecular flexibility index (Phi) is 30.2. The van der Waals surface area contributed by atoms with Gasteiger partial charge in [0.2, 0.25) is 0 Å². The van der Waals surface area contributed by atoms with E-state index in [4.69, 9.17) is 0 Å². The van der Waals surface area contributed by atoms with Gasteiger partial charge in [0.1, 0.15) is 0 Å². The van der Waals surface area contributed by atoms with Crippen molar-refractivity contribution in [3.8, 4) is 0 Å². The Bertz CT molecular complexity index is 407. The molecule has 0 saturated carbocycles. The molecule has 33 heavy (non-hydrogen) atoms. The van der Waals surface area contributed by atoms with Crippen LogP contribution >= 0.6 is 0 Å². The lowest BCUT2D eigenvalue weighted by atomic mass is 10.0. The molecule has 0 aromatic carbocycles. The number of quaternary nitrogens is 2. The van der Waals surface area contributed by atoms with Crippen molar-refractivity contribution in [3.63, 3.8) is 0 Å². The van der Waals surface area contributed by atoms with Crippen LogP contribution in [0.25, 0.3) is 0 Å². The molecule has 0 aliphatic rings. The summed E-state index contributed by atoms with van der Waals surface area (Å²) in [6.45, 7) is 5.92. The minimum absolute atomic E-state index is 0. The van der Waals surface area contributed by atoms with E-state index < -0.39 is 0 Å². The maximum Gasteiger partial charge on any atom is 0.275 e. The number of carbonyl (C=O) groups excluding carboxylic acids is 1. The number of hydrogen-bond acceptors (Lipinski definition) is 1. The van der Waals surface area contributed by atoms with E-state index in [0.717, 1.165) is 30.5 Å². The van der Waals surface area contributed by atoms with Crippen molar-refractivity contribution in [1.82, 2.24) is 5.32 Å². The SMILES string of the molecule is CCCCCCCCCCCCCCCCCC[N+](C)(C)CC(=O)NCCC[NH+](C)C.[Cl-].[Cl-]. The fourth-order valence-corrected chi connectivity index (χ4v) is 4.28. The number of rotatable bonds is 23. The molecule has 202 valence electrons. The zero-order chi connectivity index (χ0) is 23.2. The summed E-state index contributed by atoms with van der Waals surface area (Å²) in [4.78, 5) is 13.6. The van der Waals surface area contributed by atoms with Crippen molar-refractivity contribution in [2.24, 2.45) is 0 Å². The molecule has 0 aliphatic heterocycles. The van der Waals surface area contributed by atoms with Gasteiger partial charge < -0.3 is 39.5 Å². The van der Waals surface area contributed by atoms with Crippen LogP contribution in [0.2, 0.25) is 0 Å². The van der Waals surface area contributed by atoms with Crippen LogP contribution in [0.4, 0.5) is 0 Å². The van der Waals surface area contributed by atoms with Crippen molar-refractivity contribution >= 4 is 5.91 Å². The highest BCUT2D eigenvalue weighted by molar-refractivity contribution is 5.76. The number of unbranched alkanes of at least 4 members (excludes halogenated alkanes) is 15. The largest absolute Gasteiger partial charge is 1.00 e. The van der Waals surface area contributed by atoms with Crippen molar-refractivity contribution in [2.45, 2.75) is 116 Å². The number of nitrogens with one attached hydrogen (secondary N) is 2. The second-order valence-corrected chi connectivity index (χ2v) is 10.8. The van der Waals surface area contributed by atoms with Gasteiger partial charge in [-0.05, 0) is 12.8 Å². The number of nitrogens with zero attached hydrogens (tertiary/aromatic N) is 1. The maximum absolute atomic E-state index is 12.1. The predicted octanol–water partition coefficient (Wildman–Crippen LogP) is -1.02. The van der Waals surface area contributed by atoms with Crippen molar-refractivity contribution < 1.29 is 39.0 Å². The summed E-state index contributed by atoms with van der Waals surface area (Å²) in [7, 11) is 8.68. The van der Waals surface area contributed by atoms with E-state index in [1.54, 1.807) is 0 Å². The van der Waals surface area contributed by atoms with Crippen LogP contribution in [0.15, 0.2) is 0 Å². The van der Waals surface area contributed by atoms with Crippen LogP contribution < -0.4 is 35.0 Å². The quantitative estimate of drug-likeness (QED) is 0.134. The van der Waals surface area contributed by atoms with Crippen LogP contribution in [0, 0.1) is 0 Å². The summed E-state index contributed by atoms with van der Waals surface area (Å²) < 4.78 is 0.809. The van der Waals surface area contributed by atoms with Gasteiger partial charge in [0.05, 0.1) is 41.3 Å².